The molecule has 0 spiro atoms. The number of rotatable bonds is 2. The van der Waals surface area contributed by atoms with Crippen LogP contribution in [0.5, 0.6) is 0 Å². The molecule has 2 saturated heterocycles. The molecule has 2 aliphatic heterocycles. The van der Waals surface area contributed by atoms with E-state index in [9.17, 15) is 0 Å². The van der Waals surface area contributed by atoms with Gasteiger partial charge in [0.1, 0.15) is 0 Å². The van der Waals surface area contributed by atoms with Crippen LogP contribution in [0, 0.1) is 0 Å². The lowest BCUT2D eigenvalue weighted by atomic mass is 10.1. The van der Waals surface area contributed by atoms with Gasteiger partial charge in [-0.25, -0.2) is 0 Å². The number of piperazine rings is 1. The summed E-state index contributed by atoms with van der Waals surface area (Å²) in [5.74, 6) is 0. The minimum atomic E-state index is 0.699. The van der Waals surface area contributed by atoms with Crippen molar-refractivity contribution in [2.75, 3.05) is 19.6 Å². The van der Waals surface area contributed by atoms with Gasteiger partial charge in [0.25, 0.3) is 0 Å². The van der Waals surface area contributed by atoms with Crippen LogP contribution in [0.1, 0.15) is 24.6 Å². The first-order valence-corrected chi connectivity index (χ1v) is 8.05. The number of fused-ring (bicyclic) bond motifs is 1. The average molecular weight is 315 g/mol. The Morgan fingerprint density at radius 3 is 3.06 bits per heavy atom. The Morgan fingerprint density at radius 2 is 2.29 bits per heavy atom. The van der Waals surface area contributed by atoms with E-state index in [2.05, 4.69) is 44.8 Å². The van der Waals surface area contributed by atoms with Crippen molar-refractivity contribution in [1.29, 1.82) is 0 Å². The summed E-state index contributed by atoms with van der Waals surface area (Å²) in [6.07, 6.45) is 2.80. The van der Waals surface area contributed by atoms with Gasteiger partial charge in [-0.05, 0) is 54.4 Å². The Labute approximate surface area is 116 Å². The van der Waals surface area contributed by atoms with Crippen LogP contribution in [0.2, 0.25) is 0 Å². The molecule has 0 N–H and O–H groups in total. The standard InChI is InChI=1S/C13H19BrN2S/c1-10-7-15-6-2-3-11(15)8-16(10)9-12-4-5-13(14)17-12/h4-5,10-11H,2-3,6-9H2,1H3/t10-,11+/m0/s1. The van der Waals surface area contributed by atoms with Crippen molar-refractivity contribution in [3.05, 3.63) is 20.8 Å². The van der Waals surface area contributed by atoms with Gasteiger partial charge in [-0.15, -0.1) is 11.3 Å². The second-order valence-corrected chi connectivity index (χ2v) is 7.82. The quantitative estimate of drug-likeness (QED) is 0.827. The minimum absolute atomic E-state index is 0.699. The highest BCUT2D eigenvalue weighted by Gasteiger charge is 2.34. The van der Waals surface area contributed by atoms with E-state index >= 15 is 0 Å². The van der Waals surface area contributed by atoms with Gasteiger partial charge in [-0.1, -0.05) is 0 Å². The third kappa shape index (κ3) is 2.60. The molecule has 0 aromatic carbocycles. The van der Waals surface area contributed by atoms with Crippen LogP contribution in [-0.4, -0.2) is 41.5 Å². The fraction of sp³-hybridized carbons (Fsp3) is 0.692. The summed E-state index contributed by atoms with van der Waals surface area (Å²) in [5, 5.41) is 0. The first kappa shape index (κ1) is 12.2. The Morgan fingerprint density at radius 1 is 1.41 bits per heavy atom. The largest absolute Gasteiger partial charge is 0.298 e. The van der Waals surface area contributed by atoms with Crippen molar-refractivity contribution in [1.82, 2.24) is 9.80 Å². The number of halogens is 1. The van der Waals surface area contributed by atoms with Crippen LogP contribution in [0.4, 0.5) is 0 Å². The van der Waals surface area contributed by atoms with E-state index < -0.39 is 0 Å². The lowest BCUT2D eigenvalue weighted by Crippen LogP contribution is -2.54. The van der Waals surface area contributed by atoms with E-state index in [0.29, 0.717) is 6.04 Å². The molecule has 2 aliphatic rings. The number of thiophene rings is 1. The van der Waals surface area contributed by atoms with Crippen molar-refractivity contribution in [2.24, 2.45) is 0 Å². The van der Waals surface area contributed by atoms with Crippen LogP contribution in [0.3, 0.4) is 0 Å². The van der Waals surface area contributed by atoms with E-state index in [0.717, 1.165) is 12.6 Å². The molecule has 0 bridgehead atoms. The highest BCUT2D eigenvalue weighted by molar-refractivity contribution is 9.11. The third-order valence-corrected chi connectivity index (χ3v) is 5.66. The second kappa shape index (κ2) is 5.00. The summed E-state index contributed by atoms with van der Waals surface area (Å²) >= 11 is 5.42. The Hall–Kier alpha value is 0.1000. The maximum atomic E-state index is 3.55. The van der Waals surface area contributed by atoms with Gasteiger partial charge < -0.3 is 0 Å². The minimum Gasteiger partial charge on any atom is -0.298 e. The fourth-order valence-corrected chi connectivity index (χ4v) is 4.61. The van der Waals surface area contributed by atoms with Crippen molar-refractivity contribution in [3.8, 4) is 0 Å². The summed E-state index contributed by atoms with van der Waals surface area (Å²) < 4.78 is 1.25. The van der Waals surface area contributed by atoms with Gasteiger partial charge in [0.2, 0.25) is 0 Å². The summed E-state index contributed by atoms with van der Waals surface area (Å²) in [5.41, 5.74) is 0. The van der Waals surface area contributed by atoms with Crippen molar-refractivity contribution >= 4 is 27.3 Å². The zero-order valence-electron chi connectivity index (χ0n) is 10.2. The highest BCUT2D eigenvalue weighted by Crippen LogP contribution is 2.28. The van der Waals surface area contributed by atoms with Crippen LogP contribution < -0.4 is 0 Å². The average Bonchev–Trinajstić information content (AvgIpc) is 2.88. The second-order valence-electron chi connectivity index (χ2n) is 5.28. The topological polar surface area (TPSA) is 6.48 Å². The van der Waals surface area contributed by atoms with E-state index in [4.69, 9.17) is 0 Å². The first-order valence-electron chi connectivity index (χ1n) is 6.44. The van der Waals surface area contributed by atoms with E-state index in [-0.39, 0.29) is 0 Å². The molecule has 4 heteroatoms. The van der Waals surface area contributed by atoms with Crippen molar-refractivity contribution < 1.29 is 0 Å². The van der Waals surface area contributed by atoms with Gasteiger partial charge in [0, 0.05) is 36.6 Å². The number of nitrogens with zero attached hydrogens (tertiary/aromatic N) is 2. The smallest absolute Gasteiger partial charge is 0.0701 e. The summed E-state index contributed by atoms with van der Waals surface area (Å²) in [7, 11) is 0. The Kier molecular flexibility index (Phi) is 3.57. The number of hydrogen-bond acceptors (Lipinski definition) is 3. The maximum Gasteiger partial charge on any atom is 0.0701 e. The molecule has 0 saturated carbocycles. The molecular formula is C13H19BrN2S. The van der Waals surface area contributed by atoms with E-state index in [1.165, 1.54) is 41.1 Å². The SMILES string of the molecule is C[C@H]1CN2CCC[C@@H]2CN1Cc1ccc(Br)s1. The predicted octanol–water partition coefficient (Wildman–Crippen LogP) is 3.18. The van der Waals surface area contributed by atoms with Crippen molar-refractivity contribution in [3.63, 3.8) is 0 Å². The molecule has 0 aliphatic carbocycles. The van der Waals surface area contributed by atoms with Crippen molar-refractivity contribution in [2.45, 2.75) is 38.4 Å². The van der Waals surface area contributed by atoms with Crippen LogP contribution >= 0.6 is 27.3 Å². The summed E-state index contributed by atoms with van der Waals surface area (Å²) in [6, 6.07) is 5.94. The normalized spacial score (nSPS) is 30.7. The van der Waals surface area contributed by atoms with Gasteiger partial charge in [-0.3, -0.25) is 9.80 Å². The van der Waals surface area contributed by atoms with E-state index in [1.807, 2.05) is 11.3 Å². The first-order chi connectivity index (χ1) is 8.22. The van der Waals surface area contributed by atoms with Crippen LogP contribution in [0.15, 0.2) is 15.9 Å². The molecule has 3 rings (SSSR count). The zero-order valence-corrected chi connectivity index (χ0v) is 12.6. The lowest BCUT2D eigenvalue weighted by molar-refractivity contribution is 0.0547. The van der Waals surface area contributed by atoms with Crippen LogP contribution in [0.25, 0.3) is 0 Å². The molecule has 94 valence electrons. The fourth-order valence-electron chi connectivity index (χ4n) is 3.11. The third-order valence-electron chi connectivity index (χ3n) is 4.05. The van der Waals surface area contributed by atoms with Gasteiger partial charge in [0.15, 0.2) is 0 Å². The molecule has 2 nitrogen and oxygen atoms in total. The molecule has 17 heavy (non-hydrogen) atoms. The molecular weight excluding hydrogens is 296 g/mol. The van der Waals surface area contributed by atoms with Gasteiger partial charge in [0.05, 0.1) is 3.79 Å². The Bertz CT molecular complexity index is 393. The molecule has 1 aromatic rings. The monoisotopic (exact) mass is 314 g/mol. The summed E-state index contributed by atoms with van der Waals surface area (Å²) in [6.45, 7) is 7.35. The predicted molar refractivity (Wildman–Crippen MR) is 76.5 cm³/mol. The molecule has 3 heterocycles. The van der Waals surface area contributed by atoms with E-state index in [1.54, 1.807) is 0 Å². The maximum absolute atomic E-state index is 3.55. The molecule has 2 atom stereocenters. The Balaban J connectivity index is 1.66. The van der Waals surface area contributed by atoms with Gasteiger partial charge >= 0.3 is 0 Å². The summed E-state index contributed by atoms with van der Waals surface area (Å²) in [4.78, 5) is 6.83. The zero-order chi connectivity index (χ0) is 11.8. The molecule has 1 aromatic heterocycles. The van der Waals surface area contributed by atoms with Gasteiger partial charge in [-0.2, -0.15) is 0 Å². The van der Waals surface area contributed by atoms with Crippen LogP contribution in [-0.2, 0) is 6.54 Å². The molecule has 0 radical (unpaired) electrons. The molecule has 2 fully saturated rings. The highest BCUT2D eigenvalue weighted by atomic mass is 79.9. The molecule has 0 unspecified atom stereocenters. The lowest BCUT2D eigenvalue weighted by Gasteiger charge is -2.42. The number of hydrogen-bond donors (Lipinski definition) is 0. The molecule has 0 amide bonds.